The fourth-order valence-electron chi connectivity index (χ4n) is 3.47. The number of nitrogens with zero attached hydrogens (tertiary/aromatic N) is 6. The highest BCUT2D eigenvalue weighted by Gasteiger charge is 2.16. The molecule has 1 saturated heterocycles. The van der Waals surface area contributed by atoms with Gasteiger partial charge in [0, 0.05) is 49.9 Å². The van der Waals surface area contributed by atoms with Crippen LogP contribution in [0.5, 0.6) is 0 Å². The minimum atomic E-state index is 0.419. The Labute approximate surface area is 164 Å². The Morgan fingerprint density at radius 2 is 1.79 bits per heavy atom. The molecule has 0 saturated carbocycles. The number of aromatic nitrogens is 4. The first-order valence-corrected chi connectivity index (χ1v) is 9.97. The summed E-state index contributed by atoms with van der Waals surface area (Å²) < 4.78 is 5.69. The average molecular weight is 381 g/mol. The maximum Gasteiger partial charge on any atom is 0.268 e. The molecule has 0 aliphatic carbocycles. The predicted octanol–water partition coefficient (Wildman–Crippen LogP) is 2.29. The Morgan fingerprint density at radius 1 is 1.00 bits per heavy atom. The number of benzene rings is 1. The summed E-state index contributed by atoms with van der Waals surface area (Å²) >= 11 is 0. The van der Waals surface area contributed by atoms with Gasteiger partial charge in [-0.05, 0) is 20.0 Å². The molecule has 1 N–H and O–H groups in total. The van der Waals surface area contributed by atoms with Crippen LogP contribution in [0.25, 0.3) is 22.4 Å². The van der Waals surface area contributed by atoms with Crippen molar-refractivity contribution < 1.29 is 4.42 Å². The van der Waals surface area contributed by atoms with Gasteiger partial charge in [0.1, 0.15) is 0 Å². The lowest BCUT2D eigenvalue weighted by Gasteiger charge is -2.32. The van der Waals surface area contributed by atoms with E-state index in [1.807, 2.05) is 31.2 Å². The van der Waals surface area contributed by atoms with Crippen molar-refractivity contribution in [3.8, 4) is 11.6 Å². The van der Waals surface area contributed by atoms with Crippen LogP contribution in [0.15, 0.2) is 28.7 Å². The molecular formula is C20H27N7O. The van der Waals surface area contributed by atoms with Crippen LogP contribution in [-0.4, -0.2) is 76.5 Å². The monoisotopic (exact) mass is 381 g/mol. The first-order chi connectivity index (χ1) is 13.7. The van der Waals surface area contributed by atoms with Crippen LogP contribution in [-0.2, 0) is 6.42 Å². The fourth-order valence-corrected chi connectivity index (χ4v) is 3.47. The number of piperazine rings is 1. The van der Waals surface area contributed by atoms with Crippen molar-refractivity contribution in [2.24, 2.45) is 0 Å². The van der Waals surface area contributed by atoms with Gasteiger partial charge in [-0.15, -0.1) is 20.4 Å². The predicted molar refractivity (Wildman–Crippen MR) is 109 cm³/mol. The van der Waals surface area contributed by atoms with Gasteiger partial charge < -0.3 is 19.5 Å². The summed E-state index contributed by atoms with van der Waals surface area (Å²) in [6, 6.07) is 8.06. The van der Waals surface area contributed by atoms with Gasteiger partial charge in [0.25, 0.3) is 5.89 Å². The van der Waals surface area contributed by atoms with E-state index >= 15 is 0 Å². The molecule has 28 heavy (non-hydrogen) atoms. The van der Waals surface area contributed by atoms with Crippen LogP contribution >= 0.6 is 0 Å². The van der Waals surface area contributed by atoms with Crippen LogP contribution in [0.3, 0.4) is 0 Å². The number of hydrogen-bond donors (Lipinski definition) is 1. The van der Waals surface area contributed by atoms with Crippen LogP contribution in [0.4, 0.5) is 5.82 Å². The number of likely N-dealkylation sites (N-methyl/N-ethyl adjacent to an activating group) is 1. The molecule has 1 aliphatic rings. The van der Waals surface area contributed by atoms with E-state index in [9.17, 15) is 0 Å². The molecule has 1 aliphatic heterocycles. The molecule has 1 fully saturated rings. The van der Waals surface area contributed by atoms with Crippen molar-refractivity contribution in [3.63, 3.8) is 0 Å². The summed E-state index contributed by atoms with van der Waals surface area (Å²) in [4.78, 5) is 4.90. The van der Waals surface area contributed by atoms with E-state index in [0.717, 1.165) is 62.3 Å². The highest BCUT2D eigenvalue weighted by molar-refractivity contribution is 5.98. The topological polar surface area (TPSA) is 83.2 Å². The van der Waals surface area contributed by atoms with Gasteiger partial charge in [-0.1, -0.05) is 31.2 Å². The van der Waals surface area contributed by atoms with Gasteiger partial charge in [0.15, 0.2) is 11.5 Å². The van der Waals surface area contributed by atoms with Crippen LogP contribution in [0, 0.1) is 0 Å². The number of rotatable bonds is 7. The van der Waals surface area contributed by atoms with Crippen LogP contribution < -0.4 is 5.32 Å². The molecule has 3 aromatic rings. The van der Waals surface area contributed by atoms with Gasteiger partial charge in [-0.25, -0.2) is 0 Å². The Bertz CT molecular complexity index is 918. The number of anilines is 1. The van der Waals surface area contributed by atoms with E-state index in [0.29, 0.717) is 23.9 Å². The lowest BCUT2D eigenvalue weighted by atomic mass is 10.1. The highest BCUT2D eigenvalue weighted by atomic mass is 16.4. The van der Waals surface area contributed by atoms with Gasteiger partial charge in [-0.2, -0.15) is 0 Å². The van der Waals surface area contributed by atoms with Crippen molar-refractivity contribution in [2.75, 3.05) is 51.6 Å². The molecule has 0 spiro atoms. The fraction of sp³-hybridized carbons (Fsp3) is 0.500. The zero-order valence-corrected chi connectivity index (χ0v) is 16.6. The second-order valence-corrected chi connectivity index (χ2v) is 7.22. The molecule has 8 heteroatoms. The number of aryl methyl sites for hydroxylation is 1. The minimum Gasteiger partial charge on any atom is -0.419 e. The molecule has 0 bridgehead atoms. The quantitative estimate of drug-likeness (QED) is 0.624. The van der Waals surface area contributed by atoms with E-state index in [1.54, 1.807) is 0 Å². The average Bonchev–Trinajstić information content (AvgIpc) is 3.21. The molecule has 4 rings (SSSR count). The molecule has 0 unspecified atom stereocenters. The second kappa shape index (κ2) is 8.62. The Kier molecular flexibility index (Phi) is 5.78. The molecule has 0 amide bonds. The number of hydrogen-bond acceptors (Lipinski definition) is 8. The zero-order valence-electron chi connectivity index (χ0n) is 16.6. The molecule has 1 aromatic carbocycles. The SMILES string of the molecule is CCc1nnc(-c2nnc(NCCCN3CCN(C)CC3)c3ccccc23)o1. The van der Waals surface area contributed by atoms with E-state index in [1.165, 1.54) is 0 Å². The smallest absolute Gasteiger partial charge is 0.268 e. The van der Waals surface area contributed by atoms with Crippen molar-refractivity contribution in [1.82, 2.24) is 30.2 Å². The molecule has 2 aromatic heterocycles. The Morgan fingerprint density at radius 3 is 2.54 bits per heavy atom. The third-order valence-electron chi connectivity index (χ3n) is 5.20. The molecule has 8 nitrogen and oxygen atoms in total. The summed E-state index contributed by atoms with van der Waals surface area (Å²) in [6.07, 6.45) is 1.77. The first-order valence-electron chi connectivity index (χ1n) is 9.97. The lowest BCUT2D eigenvalue weighted by molar-refractivity contribution is 0.154. The molecule has 3 heterocycles. The molecule has 0 radical (unpaired) electrons. The first kappa shape index (κ1) is 18.8. The van der Waals surface area contributed by atoms with Crippen molar-refractivity contribution in [2.45, 2.75) is 19.8 Å². The molecular weight excluding hydrogens is 354 g/mol. The lowest BCUT2D eigenvalue weighted by Crippen LogP contribution is -2.44. The second-order valence-electron chi connectivity index (χ2n) is 7.22. The van der Waals surface area contributed by atoms with E-state index in [4.69, 9.17) is 4.42 Å². The Hall–Kier alpha value is -2.58. The van der Waals surface area contributed by atoms with Gasteiger partial charge in [0.2, 0.25) is 5.89 Å². The minimum absolute atomic E-state index is 0.419. The standard InChI is InChI=1S/C20H27N7O/c1-3-17-22-25-20(28-17)18-15-7-4-5-8-16(15)19(24-23-18)21-9-6-10-27-13-11-26(2)12-14-27/h4-5,7-8H,3,6,9-14H2,1-2H3,(H,21,24). The molecule has 0 atom stereocenters. The third kappa shape index (κ3) is 4.13. The maximum absolute atomic E-state index is 5.69. The zero-order chi connectivity index (χ0) is 19.3. The largest absolute Gasteiger partial charge is 0.419 e. The highest BCUT2D eigenvalue weighted by Crippen LogP contribution is 2.28. The molecule has 148 valence electrons. The van der Waals surface area contributed by atoms with Gasteiger partial charge in [-0.3, -0.25) is 0 Å². The van der Waals surface area contributed by atoms with Crippen LogP contribution in [0.1, 0.15) is 19.2 Å². The van der Waals surface area contributed by atoms with E-state index in [2.05, 4.69) is 42.6 Å². The van der Waals surface area contributed by atoms with Gasteiger partial charge in [0.05, 0.1) is 0 Å². The summed E-state index contributed by atoms with van der Waals surface area (Å²) in [5.74, 6) is 1.82. The maximum atomic E-state index is 5.69. The van der Waals surface area contributed by atoms with Crippen LogP contribution in [0.2, 0.25) is 0 Å². The normalized spacial score (nSPS) is 15.9. The van der Waals surface area contributed by atoms with E-state index < -0.39 is 0 Å². The number of nitrogens with one attached hydrogen (secondary N) is 1. The number of fused-ring (bicyclic) bond motifs is 1. The van der Waals surface area contributed by atoms with Crippen molar-refractivity contribution in [1.29, 1.82) is 0 Å². The summed E-state index contributed by atoms with van der Waals surface area (Å²) in [5.41, 5.74) is 0.630. The van der Waals surface area contributed by atoms with Gasteiger partial charge >= 0.3 is 0 Å². The summed E-state index contributed by atoms with van der Waals surface area (Å²) in [6.45, 7) is 8.56. The van der Waals surface area contributed by atoms with Crippen molar-refractivity contribution >= 4 is 16.6 Å². The summed E-state index contributed by atoms with van der Waals surface area (Å²) in [7, 11) is 2.18. The third-order valence-corrected chi connectivity index (χ3v) is 5.20. The van der Waals surface area contributed by atoms with E-state index in [-0.39, 0.29) is 0 Å². The van der Waals surface area contributed by atoms with Crippen molar-refractivity contribution in [3.05, 3.63) is 30.2 Å². The summed E-state index contributed by atoms with van der Waals surface area (Å²) in [5, 5.41) is 22.4. The Balaban J connectivity index is 1.44.